The van der Waals surface area contributed by atoms with Gasteiger partial charge in [-0.2, -0.15) is 0 Å². The van der Waals surface area contributed by atoms with Gasteiger partial charge in [-0.1, -0.05) is 0 Å². The average molecular weight is 255 g/mol. The van der Waals surface area contributed by atoms with Gasteiger partial charge in [0.2, 0.25) is 5.91 Å². The molecular weight excluding hydrogens is 234 g/mol. The lowest BCUT2D eigenvalue weighted by Gasteiger charge is -2.30. The van der Waals surface area contributed by atoms with Gasteiger partial charge in [0.1, 0.15) is 0 Å². The summed E-state index contributed by atoms with van der Waals surface area (Å²) in [6, 6.07) is 0. The normalized spacial score (nSPS) is 39.8. The molecule has 102 valence electrons. The van der Waals surface area contributed by atoms with Crippen LogP contribution in [0.1, 0.15) is 39.5 Å². The predicted octanol–water partition coefficient (Wildman–Crippen LogP) is 1.17. The summed E-state index contributed by atoms with van der Waals surface area (Å²) in [5.74, 6) is -1.31. The molecule has 1 aliphatic heterocycles. The first-order valence-corrected chi connectivity index (χ1v) is 6.59. The zero-order valence-electron chi connectivity index (χ0n) is 10.9. The van der Waals surface area contributed by atoms with Crippen molar-refractivity contribution in [2.24, 2.45) is 11.8 Å². The first kappa shape index (κ1) is 13.3. The number of carbonyl (C=O) groups is 2. The Hall–Kier alpha value is -1.10. The number of hydrogen-bond acceptors (Lipinski definition) is 3. The zero-order chi connectivity index (χ0) is 13.3. The number of aliphatic carboxylic acids is 1. The van der Waals surface area contributed by atoms with Crippen LogP contribution in [0.25, 0.3) is 0 Å². The summed E-state index contributed by atoms with van der Waals surface area (Å²) in [7, 11) is 0. The Morgan fingerprint density at radius 3 is 2.50 bits per heavy atom. The van der Waals surface area contributed by atoms with Crippen LogP contribution in [0.3, 0.4) is 0 Å². The molecule has 5 heteroatoms. The van der Waals surface area contributed by atoms with Crippen molar-refractivity contribution >= 4 is 11.9 Å². The molecule has 18 heavy (non-hydrogen) atoms. The summed E-state index contributed by atoms with van der Waals surface area (Å²) in [6.45, 7) is 4.62. The highest BCUT2D eigenvalue weighted by atomic mass is 16.5. The molecule has 2 N–H and O–H groups in total. The van der Waals surface area contributed by atoms with Crippen molar-refractivity contribution in [2.75, 3.05) is 6.61 Å². The van der Waals surface area contributed by atoms with Crippen molar-refractivity contribution in [1.29, 1.82) is 0 Å². The van der Waals surface area contributed by atoms with Crippen LogP contribution in [0.2, 0.25) is 0 Å². The number of amides is 1. The van der Waals surface area contributed by atoms with E-state index in [4.69, 9.17) is 9.84 Å². The van der Waals surface area contributed by atoms with Crippen LogP contribution in [0.4, 0.5) is 0 Å². The number of rotatable bonds is 3. The second kappa shape index (κ2) is 4.88. The van der Waals surface area contributed by atoms with Gasteiger partial charge in [-0.05, 0) is 39.5 Å². The van der Waals surface area contributed by atoms with Crippen molar-refractivity contribution in [1.82, 2.24) is 5.32 Å². The quantitative estimate of drug-likeness (QED) is 0.793. The smallest absolute Gasteiger partial charge is 0.306 e. The third-order valence-corrected chi connectivity index (χ3v) is 4.45. The molecule has 1 amide bonds. The molecule has 0 aromatic rings. The van der Waals surface area contributed by atoms with Crippen LogP contribution in [0.15, 0.2) is 0 Å². The van der Waals surface area contributed by atoms with Gasteiger partial charge in [0.25, 0.3) is 0 Å². The maximum Gasteiger partial charge on any atom is 0.306 e. The van der Waals surface area contributed by atoms with Crippen molar-refractivity contribution < 1.29 is 19.4 Å². The predicted molar refractivity (Wildman–Crippen MR) is 65.0 cm³/mol. The summed E-state index contributed by atoms with van der Waals surface area (Å²) in [4.78, 5) is 23.0. The topological polar surface area (TPSA) is 75.6 Å². The van der Waals surface area contributed by atoms with E-state index in [9.17, 15) is 9.59 Å². The van der Waals surface area contributed by atoms with E-state index in [1.807, 2.05) is 13.8 Å². The molecule has 0 bridgehead atoms. The molecule has 1 saturated heterocycles. The fraction of sp³-hybridized carbons (Fsp3) is 0.846. The Morgan fingerprint density at radius 1 is 1.33 bits per heavy atom. The molecule has 0 aromatic heterocycles. The minimum absolute atomic E-state index is 0.0122. The molecule has 2 unspecified atom stereocenters. The molecule has 4 atom stereocenters. The van der Waals surface area contributed by atoms with E-state index in [-0.39, 0.29) is 29.4 Å². The lowest BCUT2D eigenvalue weighted by atomic mass is 9.93. The maximum atomic E-state index is 12.2. The minimum Gasteiger partial charge on any atom is -0.481 e. The van der Waals surface area contributed by atoms with Gasteiger partial charge >= 0.3 is 5.97 Å². The summed E-state index contributed by atoms with van der Waals surface area (Å²) in [5.41, 5.74) is -0.307. The van der Waals surface area contributed by atoms with Gasteiger partial charge in [-0.25, -0.2) is 0 Å². The number of carboxylic acids is 1. The van der Waals surface area contributed by atoms with Crippen molar-refractivity contribution in [3.8, 4) is 0 Å². The van der Waals surface area contributed by atoms with Crippen LogP contribution < -0.4 is 5.32 Å². The maximum absolute atomic E-state index is 12.2. The van der Waals surface area contributed by atoms with Crippen molar-refractivity contribution in [2.45, 2.75) is 51.2 Å². The molecule has 0 spiro atoms. The molecule has 2 aliphatic rings. The van der Waals surface area contributed by atoms with Crippen molar-refractivity contribution in [3.05, 3.63) is 0 Å². The summed E-state index contributed by atoms with van der Waals surface area (Å²) in [6.07, 6.45) is 2.57. The Balaban J connectivity index is 1.91. The largest absolute Gasteiger partial charge is 0.481 e. The van der Waals surface area contributed by atoms with Crippen LogP contribution in [-0.4, -0.2) is 35.2 Å². The van der Waals surface area contributed by atoms with Crippen molar-refractivity contribution in [3.63, 3.8) is 0 Å². The first-order chi connectivity index (χ1) is 8.42. The van der Waals surface area contributed by atoms with Crippen LogP contribution in [-0.2, 0) is 14.3 Å². The first-order valence-electron chi connectivity index (χ1n) is 6.59. The third kappa shape index (κ3) is 2.51. The molecule has 1 heterocycles. The SMILES string of the molecule is CC1OCCC1(C)NC(=O)[C@@H]1CC[C@H](C(=O)O)C1. The van der Waals surface area contributed by atoms with Gasteiger partial charge in [-0.15, -0.1) is 0 Å². The monoisotopic (exact) mass is 255 g/mol. The highest BCUT2D eigenvalue weighted by molar-refractivity contribution is 5.81. The lowest BCUT2D eigenvalue weighted by molar-refractivity contribution is -0.141. The molecule has 5 nitrogen and oxygen atoms in total. The van der Waals surface area contributed by atoms with E-state index in [0.29, 0.717) is 25.9 Å². The Kier molecular flexibility index (Phi) is 3.61. The zero-order valence-corrected chi connectivity index (χ0v) is 10.9. The van der Waals surface area contributed by atoms with E-state index in [1.54, 1.807) is 0 Å². The summed E-state index contributed by atoms with van der Waals surface area (Å²) >= 11 is 0. The van der Waals surface area contributed by atoms with Crippen LogP contribution in [0, 0.1) is 11.8 Å². The highest BCUT2D eigenvalue weighted by Crippen LogP contribution is 2.33. The molecular formula is C13H21NO4. The number of nitrogens with one attached hydrogen (secondary N) is 1. The number of hydrogen-bond donors (Lipinski definition) is 2. The van der Waals surface area contributed by atoms with Gasteiger partial charge in [0.05, 0.1) is 17.6 Å². The summed E-state index contributed by atoms with van der Waals surface area (Å²) in [5, 5.41) is 12.0. The molecule has 2 fully saturated rings. The number of ether oxygens (including phenoxy) is 1. The lowest BCUT2D eigenvalue weighted by Crippen LogP contribution is -2.52. The fourth-order valence-electron chi connectivity index (χ4n) is 2.83. The van der Waals surface area contributed by atoms with Gasteiger partial charge in [0.15, 0.2) is 0 Å². The number of carboxylic acid groups (broad SMARTS) is 1. The highest BCUT2D eigenvalue weighted by Gasteiger charge is 2.41. The molecule has 0 radical (unpaired) electrons. The van der Waals surface area contributed by atoms with Gasteiger partial charge < -0.3 is 15.2 Å². The Morgan fingerprint density at radius 2 is 2.00 bits per heavy atom. The average Bonchev–Trinajstić information content (AvgIpc) is 2.87. The van der Waals surface area contributed by atoms with E-state index in [2.05, 4.69) is 5.32 Å². The Labute approximate surface area is 107 Å². The van der Waals surface area contributed by atoms with Gasteiger partial charge in [0, 0.05) is 12.5 Å². The van der Waals surface area contributed by atoms with E-state index >= 15 is 0 Å². The van der Waals surface area contributed by atoms with E-state index in [0.717, 1.165) is 6.42 Å². The Bertz CT molecular complexity index is 357. The molecule has 1 aliphatic carbocycles. The van der Waals surface area contributed by atoms with E-state index in [1.165, 1.54) is 0 Å². The van der Waals surface area contributed by atoms with Crippen LogP contribution in [0.5, 0.6) is 0 Å². The van der Waals surface area contributed by atoms with Crippen LogP contribution >= 0.6 is 0 Å². The second-order valence-corrected chi connectivity index (χ2v) is 5.71. The standard InChI is InChI=1S/C13H21NO4/c1-8-13(2,5-6-18-8)14-11(15)9-3-4-10(7-9)12(16)17/h8-10H,3-7H2,1-2H3,(H,14,15)(H,16,17)/t8?,9-,10+,13?/m1/s1. The third-order valence-electron chi connectivity index (χ3n) is 4.45. The molecule has 1 saturated carbocycles. The minimum atomic E-state index is -0.783. The second-order valence-electron chi connectivity index (χ2n) is 5.71. The number of carbonyl (C=O) groups excluding carboxylic acids is 1. The summed E-state index contributed by atoms with van der Waals surface area (Å²) < 4.78 is 5.48. The van der Waals surface area contributed by atoms with Gasteiger partial charge in [-0.3, -0.25) is 9.59 Å². The molecule has 2 rings (SSSR count). The fourth-order valence-corrected chi connectivity index (χ4v) is 2.83. The van der Waals surface area contributed by atoms with E-state index < -0.39 is 5.97 Å². The molecule has 0 aromatic carbocycles.